The van der Waals surface area contributed by atoms with Crippen molar-refractivity contribution in [2.24, 2.45) is 0 Å². The van der Waals surface area contributed by atoms with Gasteiger partial charge in [0.05, 0.1) is 30.3 Å². The Balaban J connectivity index is 1.50. The second kappa shape index (κ2) is 17.2. The van der Waals surface area contributed by atoms with Crippen LogP contribution in [0.15, 0.2) is 24.5 Å². The van der Waals surface area contributed by atoms with E-state index in [2.05, 4.69) is 20.9 Å². The molecule has 5 rings (SSSR count). The molecule has 2 fully saturated rings. The predicted molar refractivity (Wildman–Crippen MR) is 190 cm³/mol. The number of carbonyl (C=O) groups excluding carboxylic acids is 3. The minimum Gasteiger partial charge on any atom is -0.394 e. The van der Waals surface area contributed by atoms with Crippen LogP contribution in [-0.4, -0.2) is 167 Å². The van der Waals surface area contributed by atoms with Crippen molar-refractivity contribution in [3.63, 3.8) is 0 Å². The smallest absolute Gasteiger partial charge is 0.272 e. The van der Waals surface area contributed by atoms with E-state index in [4.69, 9.17) is 15.2 Å². The molecule has 0 radical (unpaired) electrons. The van der Waals surface area contributed by atoms with Gasteiger partial charge in [-0.3, -0.25) is 14.4 Å². The summed E-state index contributed by atoms with van der Waals surface area (Å²) in [5.74, 6) is -2.19. The second-order valence-electron chi connectivity index (χ2n) is 13.3. The van der Waals surface area contributed by atoms with E-state index in [-0.39, 0.29) is 39.3 Å². The Morgan fingerprint density at radius 1 is 0.796 bits per heavy atom. The number of nitrogens with two attached hydrogens (primary N) is 1. The van der Waals surface area contributed by atoms with Crippen LogP contribution in [-0.2, 0) is 9.47 Å². The average molecular weight is 783 g/mol. The molecule has 3 aromatic heterocycles. The number of nitrogens with one attached hydrogen (secondary N) is 3. The van der Waals surface area contributed by atoms with E-state index >= 15 is 0 Å². The number of aliphatic hydroxyl groups excluding tert-OH is 8. The van der Waals surface area contributed by atoms with E-state index < -0.39 is 92.2 Å². The Kier molecular flexibility index (Phi) is 13.1. The van der Waals surface area contributed by atoms with Crippen LogP contribution < -0.4 is 21.7 Å². The third-order valence-electron chi connectivity index (χ3n) is 9.05. The highest BCUT2D eigenvalue weighted by Crippen LogP contribution is 2.34. The lowest BCUT2D eigenvalue weighted by Gasteiger charge is -2.41. The molecular formula is C32H46N8O13S. The Morgan fingerprint density at radius 2 is 1.28 bits per heavy atom. The SMILES string of the molecule is Cc1nc(N)sc1C(=O)Nc1cc(C(=O)Nc2cc(C(=O)NCCCN(C)C)n([C@H]3O[C@H](CO)[C@@H](O)[C@@H](O)[C@H]3O)c2)n([C@H]2O[C@H](CO)[C@@H](O)[C@@H](O)[C@H]2O)c1. The van der Waals surface area contributed by atoms with Crippen molar-refractivity contribution < 1.29 is 64.7 Å². The van der Waals surface area contributed by atoms with Gasteiger partial charge in [-0.25, -0.2) is 4.98 Å². The normalized spacial score (nSPS) is 28.6. The van der Waals surface area contributed by atoms with Gasteiger partial charge in [0.25, 0.3) is 17.7 Å². The molecule has 54 heavy (non-hydrogen) atoms. The van der Waals surface area contributed by atoms with Gasteiger partial charge in [-0.15, -0.1) is 0 Å². The summed E-state index contributed by atoms with van der Waals surface area (Å²) in [7, 11) is 3.73. The third-order valence-corrected chi connectivity index (χ3v) is 10.0. The lowest BCUT2D eigenvalue weighted by Crippen LogP contribution is -2.56. The highest BCUT2D eigenvalue weighted by atomic mass is 32.1. The molecule has 3 amide bonds. The van der Waals surface area contributed by atoms with Gasteiger partial charge >= 0.3 is 0 Å². The summed E-state index contributed by atoms with van der Waals surface area (Å²) in [6.07, 6.45) is -13.3. The first-order valence-electron chi connectivity index (χ1n) is 16.9. The number of aromatic nitrogens is 3. The lowest BCUT2D eigenvalue weighted by molar-refractivity contribution is -0.251. The van der Waals surface area contributed by atoms with Gasteiger partial charge in [0.2, 0.25) is 0 Å². The van der Waals surface area contributed by atoms with Crippen molar-refractivity contribution >= 4 is 45.6 Å². The van der Waals surface area contributed by atoms with Crippen LogP contribution in [0.1, 0.15) is 55.2 Å². The van der Waals surface area contributed by atoms with Crippen LogP contribution in [0.5, 0.6) is 0 Å². The topological polar surface area (TPSA) is 320 Å². The molecule has 5 heterocycles. The number of aryl methyl sites for hydroxylation is 1. The number of nitrogen functional groups attached to an aromatic ring is 1. The van der Waals surface area contributed by atoms with Gasteiger partial charge in [-0.1, -0.05) is 11.3 Å². The number of amides is 3. The van der Waals surface area contributed by atoms with Gasteiger partial charge in [0.1, 0.15) is 65.1 Å². The maximum atomic E-state index is 14.0. The van der Waals surface area contributed by atoms with Crippen molar-refractivity contribution in [2.45, 2.75) is 74.6 Å². The van der Waals surface area contributed by atoms with Crippen molar-refractivity contribution in [2.75, 3.05) is 56.8 Å². The molecule has 2 aliphatic heterocycles. The fourth-order valence-electron chi connectivity index (χ4n) is 6.20. The zero-order valence-electron chi connectivity index (χ0n) is 29.5. The molecule has 0 unspecified atom stereocenters. The summed E-state index contributed by atoms with van der Waals surface area (Å²) in [6.45, 7) is 0.985. The monoisotopic (exact) mass is 782 g/mol. The van der Waals surface area contributed by atoms with Gasteiger partial charge < -0.3 is 86.0 Å². The fourth-order valence-corrected chi connectivity index (χ4v) is 6.93. The average Bonchev–Trinajstić information content (AvgIpc) is 3.84. The van der Waals surface area contributed by atoms with E-state index in [1.165, 1.54) is 24.5 Å². The Bertz CT molecular complexity index is 1790. The summed E-state index contributed by atoms with van der Waals surface area (Å²) in [5, 5.41) is 91.2. The van der Waals surface area contributed by atoms with Crippen LogP contribution in [0.2, 0.25) is 0 Å². The van der Waals surface area contributed by atoms with Crippen LogP contribution in [0, 0.1) is 6.92 Å². The zero-order chi connectivity index (χ0) is 39.6. The van der Waals surface area contributed by atoms with Crippen molar-refractivity contribution in [1.82, 2.24) is 24.3 Å². The van der Waals surface area contributed by atoms with Crippen molar-refractivity contribution in [3.8, 4) is 0 Å². The molecule has 10 atom stereocenters. The zero-order valence-corrected chi connectivity index (χ0v) is 30.3. The number of anilines is 3. The van der Waals surface area contributed by atoms with E-state index in [0.717, 1.165) is 20.5 Å². The van der Waals surface area contributed by atoms with E-state index in [0.29, 0.717) is 18.7 Å². The van der Waals surface area contributed by atoms with E-state index in [1.54, 1.807) is 6.92 Å². The number of ether oxygens (including phenoxy) is 2. The second-order valence-corrected chi connectivity index (χ2v) is 14.3. The Hall–Kier alpha value is -4.04. The maximum absolute atomic E-state index is 14.0. The largest absolute Gasteiger partial charge is 0.394 e. The molecule has 298 valence electrons. The molecule has 3 aromatic rings. The summed E-state index contributed by atoms with van der Waals surface area (Å²) in [6, 6.07) is 2.47. The molecule has 2 aliphatic rings. The molecule has 21 nitrogen and oxygen atoms in total. The summed E-state index contributed by atoms with van der Waals surface area (Å²) >= 11 is 0.926. The summed E-state index contributed by atoms with van der Waals surface area (Å²) < 4.78 is 13.6. The highest BCUT2D eigenvalue weighted by molar-refractivity contribution is 7.17. The van der Waals surface area contributed by atoms with Crippen molar-refractivity contribution in [1.29, 1.82) is 0 Å². The van der Waals surface area contributed by atoms with Crippen molar-refractivity contribution in [3.05, 3.63) is 46.5 Å². The van der Waals surface area contributed by atoms with Gasteiger partial charge in [-0.2, -0.15) is 0 Å². The molecular weight excluding hydrogens is 736 g/mol. The van der Waals surface area contributed by atoms with Crippen LogP contribution in [0.25, 0.3) is 0 Å². The van der Waals surface area contributed by atoms with Gasteiger partial charge in [-0.05, 0) is 46.1 Å². The standard InChI is InChI=1S/C32H46N8O13S/c1-13-26(54-32(33)35-13)29(51)37-15-8-17(40(10-15)31-25(48)23(46)21(44)19(12-42)53-31)28(50)36-14-7-16(27(49)34-5-4-6-38(2)3)39(9-14)30-24(47)22(45)20(43)18(11-41)52-30/h7-10,18-25,30-31,41-48H,4-6,11-12H2,1-3H3,(H2,33,35)(H,34,49)(H,36,50)(H,37,51)/t18-,19-,20-,21-,22-,23-,24-,25-,30+,31+/m1/s1. The molecule has 13 N–H and O–H groups in total. The summed E-state index contributed by atoms with van der Waals surface area (Å²) in [4.78, 5) is 46.8. The number of carbonyl (C=O) groups is 3. The van der Waals surface area contributed by atoms with Gasteiger partial charge in [0.15, 0.2) is 17.6 Å². The minimum atomic E-state index is -1.83. The fraction of sp³-hybridized carbons (Fsp3) is 0.562. The number of nitrogens with zero attached hydrogens (tertiary/aromatic N) is 4. The minimum absolute atomic E-state index is 0.0187. The maximum Gasteiger partial charge on any atom is 0.272 e. The molecule has 0 bridgehead atoms. The molecule has 0 saturated carbocycles. The molecule has 22 heteroatoms. The molecule has 0 spiro atoms. The van der Waals surface area contributed by atoms with E-state index in [1.807, 2.05) is 19.0 Å². The first-order chi connectivity index (χ1) is 25.6. The lowest BCUT2D eigenvalue weighted by atomic mass is 9.98. The van der Waals surface area contributed by atoms with Gasteiger partial charge in [0, 0.05) is 18.9 Å². The van der Waals surface area contributed by atoms with Crippen LogP contribution >= 0.6 is 11.3 Å². The Labute approximate surface area is 312 Å². The number of aliphatic hydroxyl groups is 8. The quantitative estimate of drug-likeness (QED) is 0.0759. The third kappa shape index (κ3) is 8.59. The van der Waals surface area contributed by atoms with Crippen LogP contribution in [0.4, 0.5) is 16.5 Å². The number of hydrogen-bond acceptors (Lipinski definition) is 17. The van der Waals surface area contributed by atoms with E-state index in [9.17, 15) is 55.2 Å². The first-order valence-corrected chi connectivity index (χ1v) is 17.7. The first kappa shape index (κ1) is 41.1. The Morgan fingerprint density at radius 3 is 1.72 bits per heavy atom. The molecule has 0 aromatic carbocycles. The predicted octanol–water partition coefficient (Wildman–Crippen LogP) is -3.23. The number of thiazole rings is 1. The highest BCUT2D eigenvalue weighted by Gasteiger charge is 2.46. The molecule has 2 saturated heterocycles. The number of rotatable bonds is 13. The number of hydrogen-bond donors (Lipinski definition) is 12. The summed E-state index contributed by atoms with van der Waals surface area (Å²) in [5.41, 5.74) is 5.66. The van der Waals surface area contributed by atoms with Crippen LogP contribution in [0.3, 0.4) is 0 Å². The molecule has 0 aliphatic carbocycles.